The first-order chi connectivity index (χ1) is 12.1. The summed E-state index contributed by atoms with van der Waals surface area (Å²) in [5.41, 5.74) is 1.78. The van der Waals surface area contributed by atoms with Crippen molar-refractivity contribution < 1.29 is 9.18 Å². The lowest BCUT2D eigenvalue weighted by Crippen LogP contribution is -2.48. The summed E-state index contributed by atoms with van der Waals surface area (Å²) in [6.45, 7) is 1.87. The fraction of sp³-hybridized carbons (Fsp3) is 0.400. The van der Waals surface area contributed by atoms with Gasteiger partial charge in [-0.1, -0.05) is 24.6 Å². The third-order valence-electron chi connectivity index (χ3n) is 4.73. The zero-order valence-electron chi connectivity index (χ0n) is 14.6. The van der Waals surface area contributed by atoms with Gasteiger partial charge in [-0.15, -0.1) is 0 Å². The van der Waals surface area contributed by atoms with E-state index in [2.05, 4.69) is 9.88 Å². The molecule has 0 radical (unpaired) electrons. The van der Waals surface area contributed by atoms with Crippen molar-refractivity contribution in [1.82, 2.24) is 14.8 Å². The molecule has 4 nitrogen and oxygen atoms in total. The molecule has 0 aliphatic carbocycles. The van der Waals surface area contributed by atoms with E-state index in [0.29, 0.717) is 13.1 Å². The molecule has 5 heteroatoms. The molecule has 132 valence electrons. The number of carbonyl (C=O) groups excluding carboxylic acids is 1. The molecule has 1 atom stereocenters. The van der Waals surface area contributed by atoms with E-state index in [1.807, 2.05) is 30.1 Å². The summed E-state index contributed by atoms with van der Waals surface area (Å²) in [7, 11) is 2.01. The lowest BCUT2D eigenvalue weighted by atomic mass is 10.0. The van der Waals surface area contributed by atoms with Gasteiger partial charge in [0, 0.05) is 12.7 Å². The van der Waals surface area contributed by atoms with Gasteiger partial charge in [0.05, 0.1) is 18.3 Å². The van der Waals surface area contributed by atoms with Crippen LogP contribution in [0.4, 0.5) is 4.39 Å². The molecule has 25 heavy (non-hydrogen) atoms. The fourth-order valence-electron chi connectivity index (χ4n) is 3.31. The maximum Gasteiger partial charge on any atom is 0.240 e. The monoisotopic (exact) mass is 341 g/mol. The summed E-state index contributed by atoms with van der Waals surface area (Å²) in [6.07, 6.45) is 4.84. The van der Waals surface area contributed by atoms with E-state index in [1.54, 1.807) is 18.3 Å². The van der Waals surface area contributed by atoms with Gasteiger partial charge in [-0.05, 0) is 56.3 Å². The molecule has 1 aliphatic heterocycles. The van der Waals surface area contributed by atoms with Crippen molar-refractivity contribution >= 4 is 5.91 Å². The van der Waals surface area contributed by atoms with Crippen LogP contribution < -0.4 is 0 Å². The average Bonchev–Trinajstić information content (AvgIpc) is 2.64. The van der Waals surface area contributed by atoms with Gasteiger partial charge < -0.3 is 4.90 Å². The van der Waals surface area contributed by atoms with Gasteiger partial charge in [-0.25, -0.2) is 4.39 Å². The molecule has 1 fully saturated rings. The zero-order valence-corrected chi connectivity index (χ0v) is 14.6. The summed E-state index contributed by atoms with van der Waals surface area (Å²) < 4.78 is 13.2. The van der Waals surface area contributed by atoms with Crippen LogP contribution in [0.1, 0.15) is 30.5 Å². The van der Waals surface area contributed by atoms with Crippen LogP contribution in [0.15, 0.2) is 48.7 Å². The molecule has 2 heterocycles. The largest absolute Gasteiger partial charge is 0.331 e. The topological polar surface area (TPSA) is 36.4 Å². The molecular formula is C20H24FN3O. The lowest BCUT2D eigenvalue weighted by molar-refractivity contribution is -0.139. The van der Waals surface area contributed by atoms with Gasteiger partial charge in [0.2, 0.25) is 5.91 Å². The summed E-state index contributed by atoms with van der Waals surface area (Å²) in [6, 6.07) is 12.0. The molecule has 0 saturated carbocycles. The van der Waals surface area contributed by atoms with E-state index in [0.717, 1.165) is 37.1 Å². The number of hydrogen-bond donors (Lipinski definition) is 0. The molecular weight excluding hydrogens is 317 g/mol. The Morgan fingerprint density at radius 1 is 1.20 bits per heavy atom. The van der Waals surface area contributed by atoms with Gasteiger partial charge in [0.25, 0.3) is 0 Å². The molecule has 0 bridgehead atoms. The number of piperidine rings is 1. The Kier molecular flexibility index (Phi) is 5.76. The normalized spacial score (nSPS) is 18.1. The van der Waals surface area contributed by atoms with Crippen LogP contribution in [0.5, 0.6) is 0 Å². The minimum atomic E-state index is -0.265. The number of rotatable bonds is 5. The Balaban J connectivity index is 1.79. The first kappa shape index (κ1) is 17.5. The number of likely N-dealkylation sites (N-methyl/N-ethyl adjacent to an activating group) is 1. The number of hydrogen-bond acceptors (Lipinski definition) is 3. The van der Waals surface area contributed by atoms with E-state index >= 15 is 0 Å². The van der Waals surface area contributed by atoms with E-state index in [4.69, 9.17) is 0 Å². The van der Waals surface area contributed by atoms with Gasteiger partial charge >= 0.3 is 0 Å². The van der Waals surface area contributed by atoms with Crippen LogP contribution >= 0.6 is 0 Å². The number of halogens is 1. The smallest absolute Gasteiger partial charge is 0.240 e. The third-order valence-corrected chi connectivity index (χ3v) is 4.73. The highest BCUT2D eigenvalue weighted by Crippen LogP contribution is 2.20. The fourth-order valence-corrected chi connectivity index (χ4v) is 3.31. The summed E-state index contributed by atoms with van der Waals surface area (Å²) >= 11 is 0. The molecule has 0 unspecified atom stereocenters. The Labute approximate surface area is 148 Å². The summed E-state index contributed by atoms with van der Waals surface area (Å²) in [5, 5.41) is 0. The predicted octanol–water partition coefficient (Wildman–Crippen LogP) is 3.23. The molecule has 1 aliphatic rings. The van der Waals surface area contributed by atoms with Gasteiger partial charge in [0.15, 0.2) is 0 Å². The summed E-state index contributed by atoms with van der Waals surface area (Å²) in [5.74, 6) is -0.143. The van der Waals surface area contributed by atoms with Gasteiger partial charge in [-0.2, -0.15) is 0 Å². The Morgan fingerprint density at radius 2 is 2.00 bits per heavy atom. The van der Waals surface area contributed by atoms with Crippen LogP contribution in [-0.4, -0.2) is 40.3 Å². The second kappa shape index (κ2) is 8.21. The average molecular weight is 341 g/mol. The molecule has 0 N–H and O–H groups in total. The summed E-state index contributed by atoms with van der Waals surface area (Å²) in [4.78, 5) is 21.5. The second-order valence-corrected chi connectivity index (χ2v) is 6.63. The van der Waals surface area contributed by atoms with Crippen molar-refractivity contribution in [3.63, 3.8) is 0 Å². The minimum absolute atomic E-state index is 0.0853. The number of amides is 1. The maximum absolute atomic E-state index is 13.2. The number of aromatic nitrogens is 1. The van der Waals surface area contributed by atoms with Crippen LogP contribution in [0.2, 0.25) is 0 Å². The third kappa shape index (κ3) is 4.63. The predicted molar refractivity (Wildman–Crippen MR) is 95.2 cm³/mol. The van der Waals surface area contributed by atoms with Gasteiger partial charge in [-0.3, -0.25) is 14.7 Å². The van der Waals surface area contributed by atoms with E-state index in [9.17, 15) is 9.18 Å². The van der Waals surface area contributed by atoms with Crippen LogP contribution in [-0.2, 0) is 17.9 Å². The van der Waals surface area contributed by atoms with Crippen molar-refractivity contribution in [3.05, 3.63) is 65.7 Å². The quantitative estimate of drug-likeness (QED) is 0.838. The molecule has 3 rings (SSSR count). The van der Waals surface area contributed by atoms with Crippen LogP contribution in [0.25, 0.3) is 0 Å². The number of pyridine rings is 1. The molecule has 1 aromatic carbocycles. The highest BCUT2D eigenvalue weighted by molar-refractivity contribution is 5.82. The van der Waals surface area contributed by atoms with Crippen LogP contribution in [0, 0.1) is 5.82 Å². The van der Waals surface area contributed by atoms with E-state index in [-0.39, 0.29) is 17.8 Å². The van der Waals surface area contributed by atoms with Gasteiger partial charge in [0.1, 0.15) is 5.82 Å². The van der Waals surface area contributed by atoms with Crippen molar-refractivity contribution in [2.75, 3.05) is 13.6 Å². The van der Waals surface area contributed by atoms with E-state index in [1.165, 1.54) is 12.1 Å². The Bertz CT molecular complexity index is 690. The van der Waals surface area contributed by atoms with Crippen molar-refractivity contribution in [2.45, 2.75) is 38.4 Å². The lowest BCUT2D eigenvalue weighted by Gasteiger charge is -2.35. The molecule has 1 saturated heterocycles. The second-order valence-electron chi connectivity index (χ2n) is 6.63. The van der Waals surface area contributed by atoms with Crippen molar-refractivity contribution in [3.8, 4) is 0 Å². The first-order valence-electron chi connectivity index (χ1n) is 8.77. The molecule has 1 amide bonds. The number of nitrogens with zero attached hydrogens (tertiary/aromatic N) is 3. The van der Waals surface area contributed by atoms with E-state index < -0.39 is 0 Å². The standard InChI is InChI=1S/C20H24FN3O/c1-23-13-5-3-7-19(23)20(25)24(15-18-6-2-4-12-22-18)14-16-8-10-17(21)11-9-16/h2,4,6,8-12,19H,3,5,7,13-15H2,1H3/t19-/m0/s1. The maximum atomic E-state index is 13.2. The minimum Gasteiger partial charge on any atom is -0.331 e. The van der Waals surface area contributed by atoms with Crippen molar-refractivity contribution in [1.29, 1.82) is 0 Å². The molecule has 0 spiro atoms. The SMILES string of the molecule is CN1CCCC[C@H]1C(=O)N(Cc1ccc(F)cc1)Cc1ccccn1. The highest BCUT2D eigenvalue weighted by Gasteiger charge is 2.30. The number of likely N-dealkylation sites (tertiary alicyclic amines) is 1. The van der Waals surface area contributed by atoms with Crippen molar-refractivity contribution in [2.24, 2.45) is 0 Å². The number of benzene rings is 1. The highest BCUT2D eigenvalue weighted by atomic mass is 19.1. The van der Waals surface area contributed by atoms with Crippen LogP contribution in [0.3, 0.4) is 0 Å². The molecule has 2 aromatic rings. The first-order valence-corrected chi connectivity index (χ1v) is 8.77. The zero-order chi connectivity index (χ0) is 17.6. The Hall–Kier alpha value is -2.27. The Morgan fingerprint density at radius 3 is 2.68 bits per heavy atom. The molecule has 1 aromatic heterocycles. The number of carbonyl (C=O) groups is 1.